The molecule has 3 saturated heterocycles. The number of hydrogen-bond acceptors (Lipinski definition) is 6. The minimum atomic E-state index is -2.85. The molecule has 0 N–H and O–H groups in total. The summed E-state index contributed by atoms with van der Waals surface area (Å²) in [5, 5.41) is 7.55. The van der Waals surface area contributed by atoms with E-state index in [9.17, 15) is 17.6 Å². The molecule has 2 aromatic carbocycles. The van der Waals surface area contributed by atoms with Crippen LogP contribution >= 0.6 is 12.2 Å². The van der Waals surface area contributed by atoms with E-state index in [1.807, 2.05) is 0 Å². The highest BCUT2D eigenvalue weighted by atomic mass is 32.1. The molecule has 194 valence electrons. The van der Waals surface area contributed by atoms with Gasteiger partial charge in [-0.3, -0.25) is 4.90 Å². The van der Waals surface area contributed by atoms with Crippen LogP contribution in [0.25, 0.3) is 11.5 Å². The number of rotatable bonds is 6. The summed E-state index contributed by atoms with van der Waals surface area (Å²) < 4.78 is 63.6. The number of benzene rings is 2. The van der Waals surface area contributed by atoms with Crippen molar-refractivity contribution in [2.45, 2.75) is 19.0 Å². The summed E-state index contributed by atoms with van der Waals surface area (Å²) in [7, 11) is 0. The quantitative estimate of drug-likeness (QED) is 0.344. The highest BCUT2D eigenvalue weighted by molar-refractivity contribution is 7.80. The van der Waals surface area contributed by atoms with Crippen LogP contribution in [0, 0.1) is 17.0 Å². The Kier molecular flexibility index (Phi) is 6.12. The van der Waals surface area contributed by atoms with E-state index in [-0.39, 0.29) is 11.3 Å². The maximum atomic E-state index is 14.1. The largest absolute Gasteiger partial charge is 0.415 e. The lowest BCUT2D eigenvalue weighted by atomic mass is 9.72. The Bertz CT molecular complexity index is 1300. The minimum Gasteiger partial charge on any atom is -0.415 e. The first-order valence-corrected chi connectivity index (χ1v) is 12.3. The summed E-state index contributed by atoms with van der Waals surface area (Å²) >= 11 is 5.82. The van der Waals surface area contributed by atoms with Crippen molar-refractivity contribution in [2.24, 2.45) is 5.41 Å². The molecule has 12 heteroatoms. The molecule has 7 nitrogen and oxygen atoms in total. The number of thiocarbonyl (C=S) groups is 1. The predicted octanol–water partition coefficient (Wildman–Crippen LogP) is 4.26. The molecule has 37 heavy (non-hydrogen) atoms. The summed E-state index contributed by atoms with van der Waals surface area (Å²) in [5.41, 5.74) is 1.96. The van der Waals surface area contributed by atoms with Crippen molar-refractivity contribution in [3.63, 3.8) is 0 Å². The van der Waals surface area contributed by atoms with Gasteiger partial charge in [-0.1, -0.05) is 12.1 Å². The van der Waals surface area contributed by atoms with Crippen LogP contribution in [0.5, 0.6) is 0 Å². The zero-order valence-electron chi connectivity index (χ0n) is 19.6. The maximum Gasteiger partial charge on any atom is 0.314 e. The molecule has 1 aromatic heterocycles. The zero-order chi connectivity index (χ0) is 25.7. The van der Waals surface area contributed by atoms with E-state index >= 15 is 0 Å². The van der Waals surface area contributed by atoms with Crippen molar-refractivity contribution >= 4 is 23.0 Å². The number of hydrogen-bond donors (Lipinski definition) is 0. The number of nitrogens with zero attached hydrogens (tertiary/aromatic N) is 5. The summed E-state index contributed by atoms with van der Waals surface area (Å²) in [5.74, 6) is -2.64. The first-order valence-electron chi connectivity index (χ1n) is 11.8. The third-order valence-electron chi connectivity index (χ3n) is 7.15. The first-order chi connectivity index (χ1) is 17.8. The van der Waals surface area contributed by atoms with Gasteiger partial charge in [0.25, 0.3) is 5.89 Å². The van der Waals surface area contributed by atoms with Crippen molar-refractivity contribution in [1.29, 1.82) is 0 Å². The smallest absolute Gasteiger partial charge is 0.314 e. The van der Waals surface area contributed by atoms with Crippen LogP contribution in [0.2, 0.25) is 0 Å². The van der Waals surface area contributed by atoms with Gasteiger partial charge in [0.05, 0.1) is 25.8 Å². The second-order valence-corrected chi connectivity index (χ2v) is 10.2. The van der Waals surface area contributed by atoms with E-state index in [2.05, 4.69) is 20.0 Å². The lowest BCUT2D eigenvalue weighted by Crippen LogP contribution is -2.76. The number of ether oxygens (including phenoxy) is 1. The SMILES string of the molecule is Fc1ccc(N(Cc2ccc(-c3nnc(C(F)F)o3)cc2)C(=S)N2CC3(C2)CN(C2COC2)C3)cc1F. The number of alkyl halides is 2. The Balaban J connectivity index is 1.17. The van der Waals surface area contributed by atoms with Gasteiger partial charge in [-0.05, 0) is 42.0 Å². The Morgan fingerprint density at radius 2 is 1.76 bits per heavy atom. The molecule has 0 saturated carbocycles. The van der Waals surface area contributed by atoms with Crippen LogP contribution in [0.1, 0.15) is 17.9 Å². The van der Waals surface area contributed by atoms with Crippen molar-refractivity contribution in [1.82, 2.24) is 20.0 Å². The van der Waals surface area contributed by atoms with Gasteiger partial charge < -0.3 is 19.0 Å². The summed E-state index contributed by atoms with van der Waals surface area (Å²) in [4.78, 5) is 6.30. The van der Waals surface area contributed by atoms with Gasteiger partial charge in [0, 0.05) is 48.9 Å². The molecule has 3 aliphatic heterocycles. The molecular formula is C25H23F4N5O2S. The highest BCUT2D eigenvalue weighted by Gasteiger charge is 2.55. The summed E-state index contributed by atoms with van der Waals surface area (Å²) in [6.45, 7) is 5.51. The molecule has 0 radical (unpaired) electrons. The monoisotopic (exact) mass is 533 g/mol. The molecule has 0 aliphatic carbocycles. The topological polar surface area (TPSA) is 57.9 Å². The van der Waals surface area contributed by atoms with E-state index in [4.69, 9.17) is 21.4 Å². The first kappa shape index (κ1) is 24.3. The van der Waals surface area contributed by atoms with Crippen molar-refractivity contribution in [2.75, 3.05) is 44.3 Å². The third kappa shape index (κ3) is 4.57. The lowest BCUT2D eigenvalue weighted by molar-refractivity contribution is -0.162. The number of likely N-dealkylation sites (tertiary alicyclic amines) is 2. The fraction of sp³-hybridized carbons (Fsp3) is 0.400. The van der Waals surface area contributed by atoms with Gasteiger partial charge in [-0.2, -0.15) is 8.78 Å². The summed E-state index contributed by atoms with van der Waals surface area (Å²) in [6, 6.07) is 11.1. The molecule has 3 aromatic rings. The van der Waals surface area contributed by atoms with Gasteiger partial charge >= 0.3 is 6.43 Å². The van der Waals surface area contributed by atoms with E-state index in [1.165, 1.54) is 6.07 Å². The third-order valence-corrected chi connectivity index (χ3v) is 7.63. The zero-order valence-corrected chi connectivity index (χ0v) is 20.4. The average Bonchev–Trinajstić information content (AvgIpc) is 3.29. The van der Waals surface area contributed by atoms with Crippen molar-refractivity contribution < 1.29 is 26.7 Å². The van der Waals surface area contributed by atoms with Gasteiger partial charge in [0.2, 0.25) is 5.89 Å². The number of aromatic nitrogens is 2. The van der Waals surface area contributed by atoms with Crippen LogP contribution in [0.15, 0.2) is 46.9 Å². The van der Waals surface area contributed by atoms with Crippen molar-refractivity contribution in [3.05, 3.63) is 65.6 Å². The van der Waals surface area contributed by atoms with E-state index in [0.717, 1.165) is 57.1 Å². The van der Waals surface area contributed by atoms with Crippen LogP contribution in [0.4, 0.5) is 23.2 Å². The second-order valence-electron chi connectivity index (χ2n) is 9.86. The fourth-order valence-electron chi connectivity index (χ4n) is 5.07. The molecule has 0 unspecified atom stereocenters. The lowest BCUT2D eigenvalue weighted by Gasteiger charge is -2.63. The Morgan fingerprint density at radius 3 is 2.35 bits per heavy atom. The molecule has 0 atom stereocenters. The fourth-order valence-corrected chi connectivity index (χ4v) is 5.37. The van der Waals surface area contributed by atoms with Gasteiger partial charge in [-0.25, -0.2) is 8.78 Å². The van der Waals surface area contributed by atoms with Crippen LogP contribution < -0.4 is 4.90 Å². The number of halogens is 4. The molecule has 3 fully saturated rings. The van der Waals surface area contributed by atoms with Crippen LogP contribution in [0.3, 0.4) is 0 Å². The molecular weight excluding hydrogens is 510 g/mol. The normalized spacial score (nSPS) is 19.0. The second kappa shape index (κ2) is 9.34. The van der Waals surface area contributed by atoms with Crippen LogP contribution in [-0.4, -0.2) is 70.5 Å². The molecule has 0 bridgehead atoms. The van der Waals surface area contributed by atoms with Gasteiger partial charge in [0.15, 0.2) is 16.7 Å². The maximum absolute atomic E-state index is 14.1. The number of anilines is 1. The molecule has 6 rings (SSSR count). The Hall–Kier alpha value is -3.09. The predicted molar refractivity (Wildman–Crippen MR) is 130 cm³/mol. The summed E-state index contributed by atoms with van der Waals surface area (Å²) in [6.07, 6.45) is -2.85. The standard InChI is InChI=1S/C25H23F4N5O2S/c26-19-6-5-17(7-20(19)27)34(24(37)33-13-25(14-33)11-32(12-25)18-9-35-10-18)8-15-1-3-16(4-2-15)22-30-31-23(36-22)21(28)29/h1-7,18,21H,8-14H2. The molecule has 0 amide bonds. The van der Waals surface area contributed by atoms with Gasteiger partial charge in [-0.15, -0.1) is 10.2 Å². The highest BCUT2D eigenvalue weighted by Crippen LogP contribution is 2.42. The average molecular weight is 534 g/mol. The Morgan fingerprint density at radius 1 is 1.03 bits per heavy atom. The Labute approximate surface area is 215 Å². The minimum absolute atomic E-state index is 0.0104. The van der Waals surface area contributed by atoms with Crippen LogP contribution in [-0.2, 0) is 11.3 Å². The molecule has 1 spiro atoms. The van der Waals surface area contributed by atoms with Gasteiger partial charge in [0.1, 0.15) is 0 Å². The van der Waals surface area contributed by atoms with E-state index < -0.39 is 24.0 Å². The van der Waals surface area contributed by atoms with E-state index in [0.29, 0.717) is 28.9 Å². The van der Waals surface area contributed by atoms with E-state index in [1.54, 1.807) is 29.2 Å². The van der Waals surface area contributed by atoms with Crippen molar-refractivity contribution in [3.8, 4) is 11.5 Å². The molecule has 3 aliphatic rings. The molecule has 4 heterocycles.